The highest BCUT2D eigenvalue weighted by molar-refractivity contribution is 5.77. The van der Waals surface area contributed by atoms with Gasteiger partial charge in [-0.1, -0.05) is 18.2 Å². The number of hydrogen-bond donors (Lipinski definition) is 2. The summed E-state index contributed by atoms with van der Waals surface area (Å²) in [7, 11) is 0. The number of aromatic nitrogens is 2. The van der Waals surface area contributed by atoms with Gasteiger partial charge in [0.05, 0.1) is 0 Å². The number of anilines is 1. The van der Waals surface area contributed by atoms with Gasteiger partial charge in [-0.3, -0.25) is 4.40 Å². The van der Waals surface area contributed by atoms with Gasteiger partial charge in [0.1, 0.15) is 28.7 Å². The fourth-order valence-corrected chi connectivity index (χ4v) is 2.93. The maximum absolute atomic E-state index is 13.1. The molecule has 2 heterocycles. The van der Waals surface area contributed by atoms with Crippen LogP contribution in [0.2, 0.25) is 0 Å². The summed E-state index contributed by atoms with van der Waals surface area (Å²) in [5, 5.41) is 13.0. The van der Waals surface area contributed by atoms with E-state index in [1.165, 1.54) is 12.1 Å². The van der Waals surface area contributed by atoms with Crippen LogP contribution >= 0.6 is 0 Å². The minimum atomic E-state index is -0.246. The van der Waals surface area contributed by atoms with E-state index in [1.54, 1.807) is 24.3 Å². The Balaban J connectivity index is 1.76. The molecule has 5 heteroatoms. The maximum Gasteiger partial charge on any atom is 0.139 e. The molecule has 0 saturated heterocycles. The molecule has 130 valence electrons. The van der Waals surface area contributed by atoms with Gasteiger partial charge in [0.25, 0.3) is 0 Å². The van der Waals surface area contributed by atoms with E-state index in [1.807, 2.05) is 41.8 Å². The van der Waals surface area contributed by atoms with Gasteiger partial charge in [-0.05, 0) is 60.5 Å². The van der Waals surface area contributed by atoms with E-state index >= 15 is 0 Å². The number of nitrogens with zero attached hydrogens (tertiary/aromatic N) is 2. The normalized spacial score (nSPS) is 11.0. The van der Waals surface area contributed by atoms with Crippen molar-refractivity contribution in [1.29, 1.82) is 0 Å². The maximum atomic E-state index is 13.1. The Bertz CT molecular complexity index is 1050. The zero-order chi connectivity index (χ0) is 18.1. The molecule has 2 N–H and O–H groups in total. The summed E-state index contributed by atoms with van der Waals surface area (Å²) in [5.41, 5.74) is 4.64. The first kappa shape index (κ1) is 16.1. The molecule has 0 atom stereocenters. The van der Waals surface area contributed by atoms with E-state index < -0.39 is 0 Å². The molecule has 0 fully saturated rings. The first-order chi connectivity index (χ1) is 12.6. The van der Waals surface area contributed by atoms with E-state index in [-0.39, 0.29) is 11.6 Å². The second kappa shape index (κ2) is 6.52. The van der Waals surface area contributed by atoms with Gasteiger partial charge < -0.3 is 10.4 Å². The average molecular weight is 347 g/mol. The third kappa shape index (κ3) is 3.11. The fraction of sp³-hybridized carbons (Fsp3) is 0.0952. The number of hydrogen-bond acceptors (Lipinski definition) is 3. The van der Waals surface area contributed by atoms with Crippen molar-refractivity contribution in [3.8, 4) is 17.0 Å². The molecule has 0 radical (unpaired) electrons. The average Bonchev–Trinajstić information content (AvgIpc) is 2.99. The Labute approximate surface area is 150 Å². The number of aryl methyl sites for hydroxylation is 1. The van der Waals surface area contributed by atoms with Crippen LogP contribution in [0.25, 0.3) is 16.9 Å². The molecule has 0 aliphatic heterocycles. The van der Waals surface area contributed by atoms with Gasteiger partial charge in [0, 0.05) is 18.3 Å². The second-order valence-corrected chi connectivity index (χ2v) is 6.27. The lowest BCUT2D eigenvalue weighted by molar-refractivity contribution is 0.475. The van der Waals surface area contributed by atoms with E-state index in [0.717, 1.165) is 33.8 Å². The van der Waals surface area contributed by atoms with Crippen LogP contribution in [-0.4, -0.2) is 14.5 Å². The van der Waals surface area contributed by atoms with Crippen molar-refractivity contribution in [3.05, 3.63) is 83.8 Å². The first-order valence-corrected chi connectivity index (χ1v) is 8.36. The molecular formula is C21H18FN3O. The second-order valence-electron chi connectivity index (χ2n) is 6.27. The van der Waals surface area contributed by atoms with Crippen molar-refractivity contribution in [2.24, 2.45) is 0 Å². The molecule has 0 amide bonds. The Morgan fingerprint density at radius 1 is 1.00 bits per heavy atom. The van der Waals surface area contributed by atoms with Crippen molar-refractivity contribution in [2.75, 3.05) is 5.32 Å². The van der Waals surface area contributed by atoms with Crippen molar-refractivity contribution in [2.45, 2.75) is 13.5 Å². The van der Waals surface area contributed by atoms with Crippen molar-refractivity contribution < 1.29 is 9.50 Å². The largest absolute Gasteiger partial charge is 0.508 e. The Morgan fingerprint density at radius 2 is 1.73 bits per heavy atom. The summed E-state index contributed by atoms with van der Waals surface area (Å²) >= 11 is 0. The van der Waals surface area contributed by atoms with E-state index in [2.05, 4.69) is 5.32 Å². The SMILES string of the molecule is Cc1ccc2nc(-c3ccc(O)cc3)c(NCc3ccc(F)cc3)n2c1. The predicted molar refractivity (Wildman–Crippen MR) is 101 cm³/mol. The summed E-state index contributed by atoms with van der Waals surface area (Å²) in [6.45, 7) is 2.58. The quantitative estimate of drug-likeness (QED) is 0.559. The molecular weight excluding hydrogens is 329 g/mol. The van der Waals surface area contributed by atoms with E-state index in [9.17, 15) is 9.50 Å². The highest BCUT2D eigenvalue weighted by Gasteiger charge is 2.14. The molecule has 0 aliphatic carbocycles. The van der Waals surface area contributed by atoms with Crippen molar-refractivity contribution in [1.82, 2.24) is 9.38 Å². The number of aromatic hydroxyl groups is 1. The van der Waals surface area contributed by atoms with Crippen LogP contribution in [0.1, 0.15) is 11.1 Å². The van der Waals surface area contributed by atoms with Gasteiger partial charge in [-0.25, -0.2) is 9.37 Å². The molecule has 0 saturated carbocycles. The Kier molecular flexibility index (Phi) is 4.05. The fourth-order valence-electron chi connectivity index (χ4n) is 2.93. The summed E-state index contributed by atoms with van der Waals surface area (Å²) in [6, 6.07) is 17.4. The van der Waals surface area contributed by atoms with Crippen LogP contribution in [0.5, 0.6) is 5.75 Å². The smallest absolute Gasteiger partial charge is 0.139 e. The molecule has 0 unspecified atom stereocenters. The number of pyridine rings is 1. The molecule has 4 rings (SSSR count). The molecule has 4 aromatic rings. The van der Waals surface area contributed by atoms with Crippen LogP contribution in [-0.2, 0) is 6.54 Å². The zero-order valence-electron chi connectivity index (χ0n) is 14.3. The number of rotatable bonds is 4. The lowest BCUT2D eigenvalue weighted by Crippen LogP contribution is -2.03. The highest BCUT2D eigenvalue weighted by Crippen LogP contribution is 2.30. The number of phenols is 1. The summed E-state index contributed by atoms with van der Waals surface area (Å²) in [6.07, 6.45) is 2.03. The van der Waals surface area contributed by atoms with Crippen LogP contribution in [0, 0.1) is 12.7 Å². The van der Waals surface area contributed by atoms with E-state index in [0.29, 0.717) is 6.54 Å². The highest BCUT2D eigenvalue weighted by atomic mass is 19.1. The molecule has 0 aliphatic rings. The number of benzene rings is 2. The lowest BCUT2D eigenvalue weighted by atomic mass is 10.1. The Hall–Kier alpha value is -3.34. The summed E-state index contributed by atoms with van der Waals surface area (Å²) in [5.74, 6) is 0.830. The predicted octanol–water partition coefficient (Wildman–Crippen LogP) is 4.77. The summed E-state index contributed by atoms with van der Waals surface area (Å²) in [4.78, 5) is 4.74. The van der Waals surface area contributed by atoms with Crippen molar-refractivity contribution >= 4 is 11.5 Å². The van der Waals surface area contributed by atoms with Gasteiger partial charge in [-0.15, -0.1) is 0 Å². The molecule has 26 heavy (non-hydrogen) atoms. The number of phenolic OH excluding ortho intramolecular Hbond substituents is 1. The standard InChI is InChI=1S/C21H18FN3O/c1-14-2-11-19-24-20(16-5-9-18(26)10-6-16)21(25(19)13-14)23-12-15-3-7-17(22)8-4-15/h2-11,13,23,26H,12H2,1H3. The number of halogens is 1. The molecule has 0 bridgehead atoms. The third-order valence-corrected chi connectivity index (χ3v) is 4.28. The topological polar surface area (TPSA) is 49.6 Å². The number of fused-ring (bicyclic) bond motifs is 1. The van der Waals surface area contributed by atoms with Gasteiger partial charge in [-0.2, -0.15) is 0 Å². The minimum Gasteiger partial charge on any atom is -0.508 e. The van der Waals surface area contributed by atoms with Crippen molar-refractivity contribution in [3.63, 3.8) is 0 Å². The van der Waals surface area contributed by atoms with Crippen LogP contribution < -0.4 is 5.32 Å². The number of imidazole rings is 1. The minimum absolute atomic E-state index is 0.217. The van der Waals surface area contributed by atoms with Gasteiger partial charge >= 0.3 is 0 Å². The van der Waals surface area contributed by atoms with Crippen LogP contribution in [0.15, 0.2) is 66.9 Å². The molecule has 0 spiro atoms. The monoisotopic (exact) mass is 347 g/mol. The Morgan fingerprint density at radius 3 is 2.46 bits per heavy atom. The van der Waals surface area contributed by atoms with Gasteiger partial charge in [0.15, 0.2) is 0 Å². The van der Waals surface area contributed by atoms with Gasteiger partial charge in [0.2, 0.25) is 0 Å². The number of nitrogens with one attached hydrogen (secondary N) is 1. The molecule has 4 nitrogen and oxygen atoms in total. The lowest BCUT2D eigenvalue weighted by Gasteiger charge is -2.10. The third-order valence-electron chi connectivity index (χ3n) is 4.28. The van der Waals surface area contributed by atoms with Crippen LogP contribution in [0.3, 0.4) is 0 Å². The molecule has 2 aromatic heterocycles. The summed E-state index contributed by atoms with van der Waals surface area (Å²) < 4.78 is 15.1. The van der Waals surface area contributed by atoms with Crippen LogP contribution in [0.4, 0.5) is 10.2 Å². The molecule has 2 aromatic carbocycles. The van der Waals surface area contributed by atoms with E-state index in [4.69, 9.17) is 4.98 Å². The first-order valence-electron chi connectivity index (χ1n) is 8.36. The zero-order valence-corrected chi connectivity index (χ0v) is 14.3.